The number of thiophene rings is 1. The van der Waals surface area contributed by atoms with Crippen LogP contribution in [0.1, 0.15) is 24.6 Å². The van der Waals surface area contributed by atoms with Gasteiger partial charge in [0.2, 0.25) is 0 Å². The van der Waals surface area contributed by atoms with Gasteiger partial charge in [0.1, 0.15) is 0 Å². The van der Waals surface area contributed by atoms with Crippen molar-refractivity contribution in [1.82, 2.24) is 5.32 Å². The molecule has 0 aromatic carbocycles. The molecular formula is C10H14ClNS. The van der Waals surface area contributed by atoms with Crippen molar-refractivity contribution in [1.29, 1.82) is 0 Å². The van der Waals surface area contributed by atoms with Crippen LogP contribution in [0.15, 0.2) is 11.4 Å². The molecule has 0 aliphatic heterocycles. The number of halogens is 1. The molecule has 1 saturated carbocycles. The molecule has 1 fully saturated rings. The summed E-state index contributed by atoms with van der Waals surface area (Å²) in [5.74, 6) is 0.857. The SMILES string of the molecule is CC1CCC1NCc1cc(Cl)cs1. The summed E-state index contributed by atoms with van der Waals surface area (Å²) < 4.78 is 0. The Morgan fingerprint density at radius 2 is 2.46 bits per heavy atom. The lowest BCUT2D eigenvalue weighted by Crippen LogP contribution is -2.41. The van der Waals surface area contributed by atoms with Crippen molar-refractivity contribution in [2.24, 2.45) is 5.92 Å². The predicted octanol–water partition coefficient (Wildman–Crippen LogP) is 3.29. The van der Waals surface area contributed by atoms with Gasteiger partial charge < -0.3 is 5.32 Å². The summed E-state index contributed by atoms with van der Waals surface area (Å²) in [6, 6.07) is 2.78. The fraction of sp³-hybridized carbons (Fsp3) is 0.600. The van der Waals surface area contributed by atoms with Crippen molar-refractivity contribution in [3.05, 3.63) is 21.3 Å². The minimum Gasteiger partial charge on any atom is -0.309 e. The van der Waals surface area contributed by atoms with Gasteiger partial charge in [-0.2, -0.15) is 0 Å². The normalized spacial score (nSPS) is 27.2. The summed E-state index contributed by atoms with van der Waals surface area (Å²) in [7, 11) is 0. The van der Waals surface area contributed by atoms with E-state index in [4.69, 9.17) is 11.6 Å². The first kappa shape index (κ1) is 9.50. The molecular weight excluding hydrogens is 202 g/mol. The highest BCUT2D eigenvalue weighted by atomic mass is 35.5. The number of hydrogen-bond donors (Lipinski definition) is 1. The molecule has 2 atom stereocenters. The fourth-order valence-corrected chi connectivity index (χ4v) is 2.67. The van der Waals surface area contributed by atoms with Gasteiger partial charge in [0.05, 0.1) is 5.02 Å². The van der Waals surface area contributed by atoms with Crippen LogP contribution in [-0.2, 0) is 6.54 Å². The molecule has 1 N–H and O–H groups in total. The van der Waals surface area contributed by atoms with Crippen molar-refractivity contribution in [2.45, 2.75) is 32.4 Å². The van der Waals surface area contributed by atoms with Gasteiger partial charge in [-0.3, -0.25) is 0 Å². The van der Waals surface area contributed by atoms with Crippen LogP contribution in [0.2, 0.25) is 5.02 Å². The number of nitrogens with one attached hydrogen (secondary N) is 1. The van der Waals surface area contributed by atoms with Crippen LogP contribution < -0.4 is 5.32 Å². The van der Waals surface area contributed by atoms with Gasteiger partial charge in [0, 0.05) is 22.8 Å². The first-order valence-electron chi connectivity index (χ1n) is 4.72. The van der Waals surface area contributed by atoms with E-state index in [0.717, 1.165) is 23.5 Å². The second-order valence-electron chi connectivity index (χ2n) is 3.77. The minimum absolute atomic E-state index is 0.737. The Morgan fingerprint density at radius 3 is 2.92 bits per heavy atom. The highest BCUT2D eigenvalue weighted by Gasteiger charge is 2.25. The third-order valence-corrected chi connectivity index (χ3v) is 4.06. The van der Waals surface area contributed by atoms with E-state index in [1.54, 1.807) is 11.3 Å². The topological polar surface area (TPSA) is 12.0 Å². The molecule has 0 bridgehead atoms. The number of hydrogen-bond acceptors (Lipinski definition) is 2. The van der Waals surface area contributed by atoms with Crippen LogP contribution >= 0.6 is 22.9 Å². The molecule has 1 nitrogen and oxygen atoms in total. The van der Waals surface area contributed by atoms with E-state index in [1.165, 1.54) is 17.7 Å². The summed E-state index contributed by atoms with van der Waals surface area (Å²) in [6.07, 6.45) is 2.71. The maximum Gasteiger partial charge on any atom is 0.0516 e. The maximum absolute atomic E-state index is 5.83. The van der Waals surface area contributed by atoms with Crippen molar-refractivity contribution < 1.29 is 0 Å². The Balaban J connectivity index is 1.79. The average molecular weight is 216 g/mol. The van der Waals surface area contributed by atoms with Crippen molar-refractivity contribution >= 4 is 22.9 Å². The molecule has 2 unspecified atom stereocenters. The molecule has 1 aromatic heterocycles. The van der Waals surface area contributed by atoms with Gasteiger partial charge in [-0.1, -0.05) is 18.5 Å². The summed E-state index contributed by atoms with van der Waals surface area (Å²) in [5.41, 5.74) is 0. The molecule has 3 heteroatoms. The highest BCUT2D eigenvalue weighted by Crippen LogP contribution is 2.27. The molecule has 0 amide bonds. The molecule has 1 aromatic rings. The lowest BCUT2D eigenvalue weighted by Gasteiger charge is -2.34. The molecule has 0 radical (unpaired) electrons. The van der Waals surface area contributed by atoms with Crippen LogP contribution in [0.5, 0.6) is 0 Å². The van der Waals surface area contributed by atoms with Crippen molar-refractivity contribution in [3.63, 3.8) is 0 Å². The maximum atomic E-state index is 5.83. The molecule has 13 heavy (non-hydrogen) atoms. The van der Waals surface area contributed by atoms with E-state index in [1.807, 2.05) is 11.4 Å². The van der Waals surface area contributed by atoms with Crippen LogP contribution in [0, 0.1) is 5.92 Å². The van der Waals surface area contributed by atoms with E-state index in [2.05, 4.69) is 12.2 Å². The lowest BCUT2D eigenvalue weighted by atomic mass is 9.81. The molecule has 0 saturated heterocycles. The predicted molar refractivity (Wildman–Crippen MR) is 58.4 cm³/mol. The molecule has 1 aliphatic carbocycles. The average Bonchev–Trinajstić information content (AvgIpc) is 2.49. The molecule has 1 heterocycles. The van der Waals surface area contributed by atoms with Gasteiger partial charge in [-0.15, -0.1) is 11.3 Å². The van der Waals surface area contributed by atoms with Gasteiger partial charge in [-0.05, 0) is 24.8 Å². The molecule has 1 aliphatic rings. The second-order valence-corrected chi connectivity index (χ2v) is 5.21. The Hall–Kier alpha value is -0.0500. The highest BCUT2D eigenvalue weighted by molar-refractivity contribution is 7.10. The molecule has 72 valence electrons. The summed E-state index contributed by atoms with van der Waals surface area (Å²) in [6.45, 7) is 3.29. The Kier molecular flexibility index (Phi) is 2.92. The molecule has 0 spiro atoms. The summed E-state index contributed by atoms with van der Waals surface area (Å²) >= 11 is 7.57. The zero-order valence-corrected chi connectivity index (χ0v) is 9.29. The lowest BCUT2D eigenvalue weighted by molar-refractivity contribution is 0.229. The summed E-state index contributed by atoms with van der Waals surface area (Å²) in [5, 5.41) is 6.40. The second kappa shape index (κ2) is 3.99. The summed E-state index contributed by atoms with van der Waals surface area (Å²) in [4.78, 5) is 1.34. The first-order valence-corrected chi connectivity index (χ1v) is 5.98. The van der Waals surface area contributed by atoms with Gasteiger partial charge in [0.15, 0.2) is 0 Å². The zero-order chi connectivity index (χ0) is 9.26. The van der Waals surface area contributed by atoms with E-state index in [9.17, 15) is 0 Å². The minimum atomic E-state index is 0.737. The zero-order valence-electron chi connectivity index (χ0n) is 7.72. The number of rotatable bonds is 3. The standard InChI is InChI=1S/C10H14ClNS/c1-7-2-3-10(7)12-5-9-4-8(11)6-13-9/h4,6-7,10,12H,2-3,5H2,1H3. The third kappa shape index (κ3) is 2.25. The third-order valence-electron chi connectivity index (χ3n) is 2.78. The smallest absolute Gasteiger partial charge is 0.0516 e. The van der Waals surface area contributed by atoms with Crippen LogP contribution in [0.4, 0.5) is 0 Å². The fourth-order valence-electron chi connectivity index (χ4n) is 1.65. The van der Waals surface area contributed by atoms with Gasteiger partial charge in [-0.25, -0.2) is 0 Å². The van der Waals surface area contributed by atoms with Crippen molar-refractivity contribution in [2.75, 3.05) is 0 Å². The molecule has 2 rings (SSSR count). The van der Waals surface area contributed by atoms with E-state index in [0.29, 0.717) is 0 Å². The Bertz CT molecular complexity index is 284. The quantitative estimate of drug-likeness (QED) is 0.816. The Morgan fingerprint density at radius 1 is 1.62 bits per heavy atom. The largest absolute Gasteiger partial charge is 0.309 e. The van der Waals surface area contributed by atoms with Gasteiger partial charge >= 0.3 is 0 Å². The van der Waals surface area contributed by atoms with Crippen LogP contribution in [-0.4, -0.2) is 6.04 Å². The van der Waals surface area contributed by atoms with E-state index in [-0.39, 0.29) is 0 Å². The van der Waals surface area contributed by atoms with Gasteiger partial charge in [0.25, 0.3) is 0 Å². The Labute approximate surface area is 88.1 Å². The van der Waals surface area contributed by atoms with E-state index >= 15 is 0 Å². The van der Waals surface area contributed by atoms with Crippen molar-refractivity contribution in [3.8, 4) is 0 Å². The van der Waals surface area contributed by atoms with Crippen LogP contribution in [0.3, 0.4) is 0 Å². The monoisotopic (exact) mass is 215 g/mol. The first-order chi connectivity index (χ1) is 6.25. The van der Waals surface area contributed by atoms with E-state index < -0.39 is 0 Å². The van der Waals surface area contributed by atoms with Crippen LogP contribution in [0.25, 0.3) is 0 Å².